The molecule has 1 amide bonds. The molecule has 1 saturated carbocycles. The Morgan fingerprint density at radius 2 is 2.07 bits per heavy atom. The number of aromatic nitrogens is 1. The number of likely N-dealkylation sites (tertiary alicyclic amines) is 1. The van der Waals surface area contributed by atoms with Crippen LogP contribution in [0, 0.1) is 5.92 Å². The summed E-state index contributed by atoms with van der Waals surface area (Å²) in [7, 11) is 0. The summed E-state index contributed by atoms with van der Waals surface area (Å²) in [6, 6.07) is 4.70. The first-order valence-electron chi connectivity index (χ1n) is 11.2. The van der Waals surface area contributed by atoms with Crippen molar-refractivity contribution in [2.45, 2.75) is 70.0 Å². The molecular formula is C22H35N5O. The number of carbonyl (C=O) groups is 1. The number of hydrazine groups is 1. The number of hydrogen-bond acceptors (Lipinski definition) is 5. The minimum absolute atomic E-state index is 0.102. The van der Waals surface area contributed by atoms with Crippen LogP contribution in [0.3, 0.4) is 0 Å². The summed E-state index contributed by atoms with van der Waals surface area (Å²) in [5.41, 5.74) is 7.37. The van der Waals surface area contributed by atoms with E-state index in [4.69, 9.17) is 0 Å². The molecule has 0 bridgehead atoms. The molecule has 0 radical (unpaired) electrons. The summed E-state index contributed by atoms with van der Waals surface area (Å²) in [5.74, 6) is 0.800. The zero-order chi connectivity index (χ0) is 19.2. The van der Waals surface area contributed by atoms with E-state index in [2.05, 4.69) is 31.7 Å². The van der Waals surface area contributed by atoms with E-state index < -0.39 is 0 Å². The number of pyridine rings is 1. The highest BCUT2D eigenvalue weighted by Gasteiger charge is 2.32. The maximum atomic E-state index is 13.2. The molecule has 1 aliphatic carbocycles. The molecule has 3 aliphatic rings. The third-order valence-corrected chi connectivity index (χ3v) is 6.66. The van der Waals surface area contributed by atoms with Crippen molar-refractivity contribution in [1.82, 2.24) is 25.6 Å². The van der Waals surface area contributed by atoms with Gasteiger partial charge in [-0.2, -0.15) is 0 Å². The molecule has 154 valence electrons. The SMILES string of the molecule is O=C(C1CCNN1)N(Cc1cccnc1)CC1CCCN(C2CCCCC2)C1. The first kappa shape index (κ1) is 19.8. The van der Waals surface area contributed by atoms with Crippen LogP contribution in [0.25, 0.3) is 0 Å². The molecule has 2 aliphatic heterocycles. The fourth-order valence-electron chi connectivity index (χ4n) is 5.17. The summed E-state index contributed by atoms with van der Waals surface area (Å²) in [5, 5.41) is 0. The molecule has 3 heterocycles. The average Bonchev–Trinajstić information content (AvgIpc) is 3.29. The fraction of sp³-hybridized carbons (Fsp3) is 0.727. The second-order valence-corrected chi connectivity index (χ2v) is 8.79. The Morgan fingerprint density at radius 1 is 1.18 bits per heavy atom. The lowest BCUT2D eigenvalue weighted by molar-refractivity contribution is -0.134. The van der Waals surface area contributed by atoms with Gasteiger partial charge in [-0.25, -0.2) is 5.43 Å². The van der Waals surface area contributed by atoms with Gasteiger partial charge in [0.1, 0.15) is 6.04 Å². The van der Waals surface area contributed by atoms with Gasteiger partial charge in [0, 0.05) is 44.6 Å². The molecule has 6 nitrogen and oxygen atoms in total. The van der Waals surface area contributed by atoms with Gasteiger partial charge in [0.05, 0.1) is 0 Å². The van der Waals surface area contributed by atoms with Gasteiger partial charge in [-0.05, 0) is 56.2 Å². The topological polar surface area (TPSA) is 60.5 Å². The largest absolute Gasteiger partial charge is 0.337 e. The minimum atomic E-state index is -0.102. The monoisotopic (exact) mass is 385 g/mol. The summed E-state index contributed by atoms with van der Waals surface area (Å²) in [6.07, 6.45) is 13.9. The molecule has 0 aromatic carbocycles. The smallest absolute Gasteiger partial charge is 0.241 e. The maximum Gasteiger partial charge on any atom is 0.241 e. The fourth-order valence-corrected chi connectivity index (χ4v) is 5.17. The van der Waals surface area contributed by atoms with Gasteiger partial charge < -0.3 is 9.80 Å². The van der Waals surface area contributed by atoms with Crippen LogP contribution in [0.1, 0.15) is 56.9 Å². The highest BCUT2D eigenvalue weighted by Crippen LogP contribution is 2.28. The van der Waals surface area contributed by atoms with Gasteiger partial charge in [0.2, 0.25) is 5.91 Å². The number of amides is 1. The lowest BCUT2D eigenvalue weighted by atomic mass is 9.90. The molecule has 1 aromatic rings. The van der Waals surface area contributed by atoms with Gasteiger partial charge in [-0.1, -0.05) is 25.3 Å². The van der Waals surface area contributed by atoms with Crippen LogP contribution >= 0.6 is 0 Å². The Labute approximate surface area is 169 Å². The van der Waals surface area contributed by atoms with Crippen molar-refractivity contribution in [3.8, 4) is 0 Å². The van der Waals surface area contributed by atoms with Crippen LogP contribution in [0.2, 0.25) is 0 Å². The van der Waals surface area contributed by atoms with Crippen LogP contribution in [0.4, 0.5) is 0 Å². The van der Waals surface area contributed by atoms with Gasteiger partial charge in [-0.3, -0.25) is 15.2 Å². The molecule has 2 unspecified atom stereocenters. The Kier molecular flexibility index (Phi) is 6.94. The number of carbonyl (C=O) groups excluding carboxylic acids is 1. The normalized spacial score (nSPS) is 27.0. The lowest BCUT2D eigenvalue weighted by Crippen LogP contribution is -2.50. The summed E-state index contributed by atoms with van der Waals surface area (Å²) in [4.78, 5) is 22.2. The Hall–Kier alpha value is -1.50. The molecule has 2 saturated heterocycles. The van der Waals surface area contributed by atoms with Crippen LogP contribution in [0.15, 0.2) is 24.5 Å². The number of nitrogens with one attached hydrogen (secondary N) is 2. The second-order valence-electron chi connectivity index (χ2n) is 8.79. The van der Waals surface area contributed by atoms with E-state index in [1.807, 2.05) is 12.3 Å². The van der Waals surface area contributed by atoms with Crippen molar-refractivity contribution >= 4 is 5.91 Å². The van der Waals surface area contributed by atoms with Crippen molar-refractivity contribution < 1.29 is 4.79 Å². The summed E-state index contributed by atoms with van der Waals surface area (Å²) < 4.78 is 0. The Bertz CT molecular complexity index is 613. The van der Waals surface area contributed by atoms with Crippen molar-refractivity contribution in [3.63, 3.8) is 0 Å². The number of nitrogens with zero attached hydrogens (tertiary/aromatic N) is 3. The molecule has 0 spiro atoms. The van der Waals surface area contributed by atoms with Crippen molar-refractivity contribution in [1.29, 1.82) is 0 Å². The van der Waals surface area contributed by atoms with Crippen molar-refractivity contribution in [2.24, 2.45) is 5.92 Å². The highest BCUT2D eigenvalue weighted by atomic mass is 16.2. The van der Waals surface area contributed by atoms with E-state index >= 15 is 0 Å². The molecule has 4 rings (SSSR count). The minimum Gasteiger partial charge on any atom is -0.337 e. The third-order valence-electron chi connectivity index (χ3n) is 6.66. The van der Waals surface area contributed by atoms with E-state index in [0.717, 1.165) is 37.7 Å². The first-order chi connectivity index (χ1) is 13.8. The van der Waals surface area contributed by atoms with Gasteiger partial charge >= 0.3 is 0 Å². The quantitative estimate of drug-likeness (QED) is 0.787. The molecular weight excluding hydrogens is 350 g/mol. The zero-order valence-corrected chi connectivity index (χ0v) is 17.0. The molecule has 2 N–H and O–H groups in total. The van der Waals surface area contributed by atoms with E-state index in [-0.39, 0.29) is 11.9 Å². The van der Waals surface area contributed by atoms with E-state index in [1.54, 1.807) is 6.20 Å². The lowest BCUT2D eigenvalue weighted by Gasteiger charge is -2.41. The van der Waals surface area contributed by atoms with Crippen molar-refractivity contribution in [2.75, 3.05) is 26.2 Å². The van der Waals surface area contributed by atoms with Gasteiger partial charge in [0.25, 0.3) is 0 Å². The molecule has 28 heavy (non-hydrogen) atoms. The Balaban J connectivity index is 1.41. The van der Waals surface area contributed by atoms with Crippen LogP contribution in [-0.4, -0.2) is 59.0 Å². The second kappa shape index (κ2) is 9.81. The molecule has 2 atom stereocenters. The zero-order valence-electron chi connectivity index (χ0n) is 17.0. The molecule has 3 fully saturated rings. The third kappa shape index (κ3) is 5.10. The van der Waals surface area contributed by atoms with E-state index in [9.17, 15) is 4.79 Å². The van der Waals surface area contributed by atoms with Gasteiger partial charge in [-0.15, -0.1) is 0 Å². The molecule has 6 heteroatoms. The Morgan fingerprint density at radius 3 is 2.82 bits per heavy atom. The number of hydrogen-bond donors (Lipinski definition) is 2. The maximum absolute atomic E-state index is 13.2. The summed E-state index contributed by atoms with van der Waals surface area (Å²) in [6.45, 7) is 4.76. The molecule has 1 aromatic heterocycles. The number of rotatable bonds is 6. The van der Waals surface area contributed by atoms with E-state index in [0.29, 0.717) is 12.5 Å². The highest BCUT2D eigenvalue weighted by molar-refractivity contribution is 5.82. The van der Waals surface area contributed by atoms with Crippen LogP contribution in [-0.2, 0) is 11.3 Å². The average molecular weight is 386 g/mol. The van der Waals surface area contributed by atoms with E-state index in [1.165, 1.54) is 51.5 Å². The van der Waals surface area contributed by atoms with Gasteiger partial charge in [0.15, 0.2) is 0 Å². The standard InChI is InChI=1S/C22H35N5O/c28-22(21-10-12-24-25-21)27(15-18-6-4-11-23-14-18)17-19-7-5-13-26(16-19)20-8-2-1-3-9-20/h4,6,11,14,19-21,24-25H,1-3,5,7-10,12-13,15-17H2. The predicted molar refractivity (Wildman–Crippen MR) is 110 cm³/mol. The van der Waals surface area contributed by atoms with Crippen LogP contribution in [0.5, 0.6) is 0 Å². The number of piperidine rings is 1. The first-order valence-corrected chi connectivity index (χ1v) is 11.2. The van der Waals surface area contributed by atoms with Crippen molar-refractivity contribution in [3.05, 3.63) is 30.1 Å². The van der Waals surface area contributed by atoms with Crippen LogP contribution < -0.4 is 10.9 Å². The summed E-state index contributed by atoms with van der Waals surface area (Å²) >= 11 is 0. The predicted octanol–water partition coefficient (Wildman–Crippen LogP) is 2.32.